The molecule has 258 valence electrons. The summed E-state index contributed by atoms with van der Waals surface area (Å²) in [5.74, 6) is -3.17. The molecule has 11 nitrogen and oxygen atoms in total. The largest absolute Gasteiger partial charge is 0.455 e. The van der Waals surface area contributed by atoms with Crippen LogP contribution in [0.1, 0.15) is 70.5 Å². The summed E-state index contributed by atoms with van der Waals surface area (Å²) in [5.41, 5.74) is -0.500. The summed E-state index contributed by atoms with van der Waals surface area (Å²) in [5, 5.41) is 12.3. The normalized spacial score (nSPS) is 25.7. The molecular formula is C36H51N3O8. The van der Waals surface area contributed by atoms with Gasteiger partial charge in [-0.1, -0.05) is 42.5 Å². The lowest BCUT2D eigenvalue weighted by Crippen LogP contribution is -2.57. The molecule has 3 saturated heterocycles. The highest BCUT2D eigenvalue weighted by molar-refractivity contribution is 5.98. The Morgan fingerprint density at radius 1 is 1.17 bits per heavy atom. The van der Waals surface area contributed by atoms with Crippen LogP contribution in [0.4, 0.5) is 0 Å². The van der Waals surface area contributed by atoms with Crippen molar-refractivity contribution < 1.29 is 38.5 Å². The number of allylic oxidation sites excluding steroid dienone is 1. The molecule has 1 aromatic rings. The number of unbranched alkanes of at least 4 members (excludes halogenated alkanes) is 2. The average Bonchev–Trinajstić information content (AvgIpc) is 3.70. The highest BCUT2D eigenvalue weighted by Gasteiger charge is 2.75. The first-order chi connectivity index (χ1) is 22.6. The number of esters is 1. The number of hydrogen-bond donors (Lipinski definition) is 2. The highest BCUT2D eigenvalue weighted by Crippen LogP contribution is 2.59. The molecule has 0 saturated carbocycles. The summed E-state index contributed by atoms with van der Waals surface area (Å²) >= 11 is 0. The third-order valence-corrected chi connectivity index (χ3v) is 9.60. The van der Waals surface area contributed by atoms with Gasteiger partial charge in [-0.15, -0.1) is 13.2 Å². The lowest BCUT2D eigenvalue weighted by molar-refractivity contribution is -0.163. The van der Waals surface area contributed by atoms with Crippen LogP contribution in [-0.2, 0) is 33.4 Å². The topological polar surface area (TPSA) is 135 Å². The molecule has 0 radical (unpaired) electrons. The number of nitrogens with one attached hydrogen (secondary N) is 1. The van der Waals surface area contributed by atoms with Crippen molar-refractivity contribution in [2.45, 2.75) is 94.7 Å². The van der Waals surface area contributed by atoms with Crippen LogP contribution in [0.5, 0.6) is 0 Å². The monoisotopic (exact) mass is 653 g/mol. The maximum Gasteiger partial charge on any atom is 0.313 e. The Labute approximate surface area is 278 Å². The summed E-state index contributed by atoms with van der Waals surface area (Å²) in [7, 11) is 1.51. The van der Waals surface area contributed by atoms with E-state index in [9.17, 15) is 24.3 Å². The molecule has 2 bridgehead atoms. The smallest absolute Gasteiger partial charge is 0.313 e. The highest BCUT2D eigenvalue weighted by atomic mass is 16.6. The summed E-state index contributed by atoms with van der Waals surface area (Å²) in [6.45, 7) is 12.1. The van der Waals surface area contributed by atoms with E-state index in [0.29, 0.717) is 57.2 Å². The predicted octanol–water partition coefficient (Wildman–Crippen LogP) is 3.33. The van der Waals surface area contributed by atoms with Gasteiger partial charge in [-0.2, -0.15) is 0 Å². The Hall–Kier alpha value is -3.54. The number of rotatable bonds is 19. The minimum Gasteiger partial charge on any atom is -0.455 e. The molecule has 0 unspecified atom stereocenters. The summed E-state index contributed by atoms with van der Waals surface area (Å²) in [6.07, 6.45) is 5.39. The van der Waals surface area contributed by atoms with E-state index < -0.39 is 47.7 Å². The number of aliphatic hydroxyl groups excluding tert-OH is 1. The van der Waals surface area contributed by atoms with Gasteiger partial charge in [0, 0.05) is 39.3 Å². The Kier molecular flexibility index (Phi) is 12.8. The van der Waals surface area contributed by atoms with Crippen molar-refractivity contribution in [2.24, 2.45) is 11.8 Å². The molecule has 1 spiro atoms. The van der Waals surface area contributed by atoms with Crippen molar-refractivity contribution in [3.63, 3.8) is 0 Å². The molecule has 0 aliphatic carbocycles. The van der Waals surface area contributed by atoms with Gasteiger partial charge in [0.15, 0.2) is 0 Å². The summed E-state index contributed by atoms with van der Waals surface area (Å²) in [6, 6.07) is 7.39. The van der Waals surface area contributed by atoms with E-state index in [4.69, 9.17) is 14.2 Å². The fraction of sp³-hybridized carbons (Fsp3) is 0.611. The fourth-order valence-corrected chi connectivity index (χ4v) is 7.49. The standard InChI is InChI=1S/C36H51N3O8/c1-6-8-17-28(41)37-26(23-45-5)31(25-15-11-9-12-16-25)46-35(44)29-27-18-19-36(47-27)30(29)33(42)39(21-13-10-14-22-40)32(36)34(43)38(20-7-2)24(3)4/h6-7,9,11-12,15-16,24,26-27,29-32,40H,1-2,8,10,13-14,17-23H2,3-5H3,(H,37,41)/t26-,27-,29+,30+,31-,32-,36+/m1/s1. The maximum absolute atomic E-state index is 14.4. The number of carbonyl (C=O) groups is 4. The third kappa shape index (κ3) is 7.63. The van der Waals surface area contributed by atoms with Gasteiger partial charge in [0.2, 0.25) is 17.7 Å². The zero-order chi connectivity index (χ0) is 34.1. The van der Waals surface area contributed by atoms with Gasteiger partial charge >= 0.3 is 5.97 Å². The summed E-state index contributed by atoms with van der Waals surface area (Å²) < 4.78 is 18.3. The van der Waals surface area contributed by atoms with E-state index in [1.165, 1.54) is 7.11 Å². The number of fused-ring (bicyclic) bond motifs is 1. The van der Waals surface area contributed by atoms with Crippen LogP contribution in [0.25, 0.3) is 0 Å². The second-order valence-electron chi connectivity index (χ2n) is 13.0. The zero-order valence-corrected chi connectivity index (χ0v) is 28.0. The molecule has 3 aliphatic rings. The van der Waals surface area contributed by atoms with Gasteiger partial charge in [0.05, 0.1) is 30.6 Å². The predicted molar refractivity (Wildman–Crippen MR) is 176 cm³/mol. The lowest BCUT2D eigenvalue weighted by Gasteiger charge is -2.38. The van der Waals surface area contributed by atoms with E-state index in [0.717, 1.165) is 0 Å². The number of likely N-dealkylation sites (tertiary alicyclic amines) is 1. The van der Waals surface area contributed by atoms with Gasteiger partial charge in [-0.3, -0.25) is 19.2 Å². The van der Waals surface area contributed by atoms with Gasteiger partial charge in [0.1, 0.15) is 17.7 Å². The first-order valence-electron chi connectivity index (χ1n) is 16.8. The van der Waals surface area contributed by atoms with E-state index >= 15 is 0 Å². The number of ether oxygens (including phenoxy) is 3. The number of aliphatic hydroxyl groups is 1. The zero-order valence-electron chi connectivity index (χ0n) is 28.0. The molecule has 2 N–H and O–H groups in total. The average molecular weight is 654 g/mol. The van der Waals surface area contributed by atoms with E-state index in [-0.39, 0.29) is 43.4 Å². The quantitative estimate of drug-likeness (QED) is 0.132. The van der Waals surface area contributed by atoms with Crippen LogP contribution in [0.15, 0.2) is 55.6 Å². The van der Waals surface area contributed by atoms with Crippen LogP contribution in [0, 0.1) is 11.8 Å². The second kappa shape index (κ2) is 16.5. The first kappa shape index (κ1) is 36.3. The molecule has 3 aliphatic heterocycles. The summed E-state index contributed by atoms with van der Waals surface area (Å²) in [4.78, 5) is 59.1. The van der Waals surface area contributed by atoms with Gasteiger partial charge < -0.3 is 34.4 Å². The number of methoxy groups -OCH3 is 1. The number of benzene rings is 1. The minimum atomic E-state index is -1.17. The van der Waals surface area contributed by atoms with Crippen LogP contribution in [-0.4, -0.2) is 102 Å². The Morgan fingerprint density at radius 2 is 1.91 bits per heavy atom. The molecule has 3 amide bonds. The molecule has 3 heterocycles. The van der Waals surface area contributed by atoms with Gasteiger partial charge in [0.25, 0.3) is 0 Å². The van der Waals surface area contributed by atoms with Gasteiger partial charge in [-0.25, -0.2) is 0 Å². The van der Waals surface area contributed by atoms with Gasteiger partial charge in [-0.05, 0) is 57.9 Å². The van der Waals surface area contributed by atoms with Crippen LogP contribution >= 0.6 is 0 Å². The van der Waals surface area contributed by atoms with E-state index in [1.807, 2.05) is 44.2 Å². The number of carbonyl (C=O) groups excluding carboxylic acids is 4. The van der Waals surface area contributed by atoms with Crippen LogP contribution < -0.4 is 5.32 Å². The van der Waals surface area contributed by atoms with Crippen molar-refractivity contribution in [3.8, 4) is 0 Å². The van der Waals surface area contributed by atoms with Crippen molar-refractivity contribution in [1.29, 1.82) is 0 Å². The molecule has 11 heteroatoms. The van der Waals surface area contributed by atoms with E-state index in [2.05, 4.69) is 18.5 Å². The Bertz CT molecular complexity index is 1270. The van der Waals surface area contributed by atoms with E-state index in [1.54, 1.807) is 22.0 Å². The number of amides is 3. The molecule has 3 fully saturated rings. The fourth-order valence-electron chi connectivity index (χ4n) is 7.49. The second-order valence-corrected chi connectivity index (χ2v) is 13.0. The Balaban J connectivity index is 1.67. The SMILES string of the molecule is C=CCCC(=O)N[C@H](COC)[C@H](OC(=O)[C@@H]1[C@H]2C(=O)N(CCCCCO)[C@H](C(=O)N(CC=C)C(C)C)[C@]23CC[C@H]1O3)c1ccccc1. The number of nitrogens with zero attached hydrogens (tertiary/aromatic N) is 2. The molecule has 0 aromatic heterocycles. The molecule has 7 atom stereocenters. The molecule has 1 aromatic carbocycles. The third-order valence-electron chi connectivity index (χ3n) is 9.60. The minimum absolute atomic E-state index is 0.0450. The molecule has 4 rings (SSSR count). The van der Waals surface area contributed by atoms with Crippen LogP contribution in [0.3, 0.4) is 0 Å². The Morgan fingerprint density at radius 3 is 2.55 bits per heavy atom. The lowest BCUT2D eigenvalue weighted by atomic mass is 9.70. The van der Waals surface area contributed by atoms with Crippen molar-refractivity contribution in [2.75, 3.05) is 33.4 Å². The maximum atomic E-state index is 14.4. The van der Waals surface area contributed by atoms with Crippen molar-refractivity contribution >= 4 is 23.7 Å². The van der Waals surface area contributed by atoms with Crippen molar-refractivity contribution in [3.05, 3.63) is 61.2 Å². The van der Waals surface area contributed by atoms with Crippen LogP contribution in [0.2, 0.25) is 0 Å². The molecular weight excluding hydrogens is 602 g/mol. The molecule has 47 heavy (non-hydrogen) atoms. The number of hydrogen-bond acceptors (Lipinski definition) is 8. The van der Waals surface area contributed by atoms with Crippen molar-refractivity contribution in [1.82, 2.24) is 15.1 Å². The first-order valence-corrected chi connectivity index (χ1v) is 16.8.